The zero-order valence-electron chi connectivity index (χ0n) is 19.4. The summed E-state index contributed by atoms with van der Waals surface area (Å²) in [5.41, 5.74) is 2.90. The fraction of sp³-hybridized carbons (Fsp3) is 0.520. The van der Waals surface area contributed by atoms with Crippen LogP contribution in [-0.4, -0.2) is 31.3 Å². The Morgan fingerprint density at radius 3 is 1.14 bits per heavy atom. The number of halogens is 2. The van der Waals surface area contributed by atoms with Crippen LogP contribution >= 0.6 is 23.2 Å². The Labute approximate surface area is 190 Å². The van der Waals surface area contributed by atoms with Gasteiger partial charge in [-0.1, -0.05) is 107 Å². The molecular formula is C25H42Cl2O2. The van der Waals surface area contributed by atoms with Crippen LogP contribution in [0.3, 0.4) is 0 Å². The molecule has 4 heteroatoms. The number of aliphatic hydroxyl groups is 1. The first-order chi connectivity index (χ1) is 14.0. The molecule has 0 spiro atoms. The molecule has 2 aromatic rings. The zero-order valence-corrected chi connectivity index (χ0v) is 20.9. The van der Waals surface area contributed by atoms with E-state index in [0.29, 0.717) is 17.9 Å². The van der Waals surface area contributed by atoms with Crippen molar-refractivity contribution in [3.05, 3.63) is 71.8 Å². The number of benzene rings is 2. The van der Waals surface area contributed by atoms with Gasteiger partial charge in [-0.3, -0.25) is 0 Å². The van der Waals surface area contributed by atoms with Gasteiger partial charge in [0.05, 0.1) is 0 Å². The van der Waals surface area contributed by atoms with Gasteiger partial charge in [0.1, 0.15) is 6.07 Å². The summed E-state index contributed by atoms with van der Waals surface area (Å²) in [7, 11) is 2.55. The number of alkyl halides is 2. The van der Waals surface area contributed by atoms with E-state index < -0.39 is 0 Å². The van der Waals surface area contributed by atoms with E-state index in [4.69, 9.17) is 28.3 Å². The van der Waals surface area contributed by atoms with Crippen LogP contribution in [0, 0.1) is 0 Å². The van der Waals surface area contributed by atoms with Crippen LogP contribution in [-0.2, 0) is 4.74 Å². The van der Waals surface area contributed by atoms with E-state index in [1.165, 1.54) is 24.0 Å². The highest BCUT2D eigenvalue weighted by molar-refractivity contribution is 6.17. The Bertz CT molecular complexity index is 459. The van der Waals surface area contributed by atoms with Gasteiger partial charge in [-0.15, -0.1) is 11.6 Å². The van der Waals surface area contributed by atoms with Gasteiger partial charge in [-0.25, -0.2) is 0 Å². The highest BCUT2D eigenvalue weighted by atomic mass is 35.5. The zero-order chi connectivity index (χ0) is 22.9. The molecule has 29 heavy (non-hydrogen) atoms. The minimum atomic E-state index is 0.292. The lowest BCUT2D eigenvalue weighted by molar-refractivity contribution is 0.254. The third-order valence-corrected chi connectivity index (χ3v) is 4.29. The molecule has 2 atom stereocenters. The lowest BCUT2D eigenvalue weighted by Gasteiger charge is -2.06. The van der Waals surface area contributed by atoms with Crippen LogP contribution in [0.2, 0.25) is 0 Å². The van der Waals surface area contributed by atoms with Crippen molar-refractivity contribution in [1.29, 1.82) is 0 Å². The predicted octanol–water partition coefficient (Wildman–Crippen LogP) is 8.08. The molecule has 168 valence electrons. The first-order valence-corrected chi connectivity index (χ1v) is 11.2. The second-order valence-corrected chi connectivity index (χ2v) is 6.86. The van der Waals surface area contributed by atoms with E-state index in [-0.39, 0.29) is 0 Å². The fourth-order valence-corrected chi connectivity index (χ4v) is 2.03. The smallest absolute Gasteiger partial charge is 0.120 e. The molecule has 0 aliphatic carbocycles. The summed E-state index contributed by atoms with van der Waals surface area (Å²) in [6, 6.07) is 21.6. The van der Waals surface area contributed by atoms with Gasteiger partial charge in [0, 0.05) is 20.1 Å². The summed E-state index contributed by atoms with van der Waals surface area (Å²) in [6.45, 7) is 10.8. The largest absolute Gasteiger partial charge is 0.400 e. The molecule has 2 nitrogen and oxygen atoms in total. The lowest BCUT2D eigenvalue weighted by atomic mass is 9.99. The summed E-state index contributed by atoms with van der Waals surface area (Å²) < 4.78 is 4.31. The molecule has 0 saturated heterocycles. The van der Waals surface area contributed by atoms with Gasteiger partial charge in [0.15, 0.2) is 0 Å². The van der Waals surface area contributed by atoms with Crippen LogP contribution in [0.4, 0.5) is 0 Å². The Morgan fingerprint density at radius 1 is 0.724 bits per heavy atom. The van der Waals surface area contributed by atoms with Crippen molar-refractivity contribution in [3.8, 4) is 0 Å². The van der Waals surface area contributed by atoms with E-state index in [2.05, 4.69) is 93.1 Å². The molecule has 0 bridgehead atoms. The van der Waals surface area contributed by atoms with Crippen LogP contribution in [0.5, 0.6) is 0 Å². The fourth-order valence-electron chi connectivity index (χ4n) is 2.03. The Hall–Kier alpha value is -1.06. The quantitative estimate of drug-likeness (QED) is 0.471. The highest BCUT2D eigenvalue weighted by Gasteiger charge is 1.99. The number of hydrogen-bond donors (Lipinski definition) is 1. The Kier molecular flexibility index (Phi) is 30.3. The number of rotatable bonds is 5. The standard InChI is InChI=1S/2C10H14.C2H5ClO.C2H5Cl.CH4O/c2*1-3-9(2)10-7-5-4-6-8-10;1-4-2-3;1-2-3;1-2/h2*4-9H,3H2,1-2H3;2H2,1H3;2H2,1H3;2H,1H3. The summed E-state index contributed by atoms with van der Waals surface area (Å²) in [4.78, 5) is 0. The Morgan fingerprint density at radius 2 is 0.966 bits per heavy atom. The number of methoxy groups -OCH3 is 1. The summed E-state index contributed by atoms with van der Waals surface area (Å²) in [6.07, 6.45) is 2.45. The lowest BCUT2D eigenvalue weighted by Crippen LogP contribution is -1.88. The van der Waals surface area contributed by atoms with Crippen molar-refractivity contribution in [2.45, 2.75) is 59.3 Å². The second-order valence-electron chi connectivity index (χ2n) is 6.11. The van der Waals surface area contributed by atoms with E-state index in [9.17, 15) is 0 Å². The average Bonchev–Trinajstić information content (AvgIpc) is 2.81. The molecule has 0 radical (unpaired) electrons. The Balaban J connectivity index is -0.000000335. The molecular weight excluding hydrogens is 403 g/mol. The minimum Gasteiger partial charge on any atom is -0.400 e. The molecule has 0 fully saturated rings. The van der Waals surface area contributed by atoms with Crippen molar-refractivity contribution in [2.75, 3.05) is 26.2 Å². The van der Waals surface area contributed by atoms with Crippen molar-refractivity contribution in [2.24, 2.45) is 0 Å². The first kappa shape index (κ1) is 32.6. The van der Waals surface area contributed by atoms with E-state index in [0.717, 1.165) is 13.0 Å². The molecule has 0 amide bonds. The maximum Gasteiger partial charge on any atom is 0.120 e. The second kappa shape index (κ2) is 26.9. The van der Waals surface area contributed by atoms with Gasteiger partial charge in [-0.05, 0) is 35.8 Å². The van der Waals surface area contributed by atoms with Crippen LogP contribution in [0.15, 0.2) is 60.7 Å². The summed E-state index contributed by atoms with van der Waals surface area (Å²) >= 11 is 9.96. The van der Waals surface area contributed by atoms with Gasteiger partial charge in [-0.2, -0.15) is 0 Å². The van der Waals surface area contributed by atoms with Crippen molar-refractivity contribution in [3.63, 3.8) is 0 Å². The van der Waals surface area contributed by atoms with Crippen molar-refractivity contribution >= 4 is 23.2 Å². The van der Waals surface area contributed by atoms with E-state index in [1.54, 1.807) is 7.11 Å². The first-order valence-electron chi connectivity index (χ1n) is 10.2. The molecule has 0 aliphatic heterocycles. The van der Waals surface area contributed by atoms with Crippen molar-refractivity contribution < 1.29 is 9.84 Å². The maximum absolute atomic E-state index is 7.00. The van der Waals surface area contributed by atoms with Gasteiger partial charge < -0.3 is 9.84 Å². The van der Waals surface area contributed by atoms with Gasteiger partial charge >= 0.3 is 0 Å². The normalized spacial score (nSPS) is 10.8. The maximum atomic E-state index is 7.00. The van der Waals surface area contributed by atoms with Gasteiger partial charge in [0.2, 0.25) is 0 Å². The number of aliphatic hydroxyl groups excluding tert-OH is 1. The van der Waals surface area contributed by atoms with Crippen LogP contribution in [0.1, 0.15) is 70.4 Å². The molecule has 0 aromatic heterocycles. The molecule has 0 heterocycles. The van der Waals surface area contributed by atoms with Crippen LogP contribution in [0.25, 0.3) is 0 Å². The highest BCUT2D eigenvalue weighted by Crippen LogP contribution is 2.17. The third-order valence-electron chi connectivity index (χ3n) is 4.07. The molecule has 0 saturated carbocycles. The van der Waals surface area contributed by atoms with E-state index in [1.807, 2.05) is 6.92 Å². The molecule has 2 rings (SSSR count). The van der Waals surface area contributed by atoms with Crippen LogP contribution < -0.4 is 0 Å². The SMILES string of the molecule is CCC(C)c1ccccc1.CCC(C)c1ccccc1.CCCl.CO.COCCl. The molecule has 2 unspecified atom stereocenters. The molecule has 1 N–H and O–H groups in total. The molecule has 2 aromatic carbocycles. The monoisotopic (exact) mass is 444 g/mol. The number of hydrogen-bond acceptors (Lipinski definition) is 2. The van der Waals surface area contributed by atoms with Gasteiger partial charge in [0.25, 0.3) is 0 Å². The average molecular weight is 446 g/mol. The molecule has 0 aliphatic rings. The minimum absolute atomic E-state index is 0.292. The van der Waals surface area contributed by atoms with E-state index >= 15 is 0 Å². The summed E-state index contributed by atoms with van der Waals surface area (Å²) in [5.74, 6) is 2.14. The van der Waals surface area contributed by atoms with Crippen molar-refractivity contribution in [1.82, 2.24) is 0 Å². The predicted molar refractivity (Wildman–Crippen MR) is 133 cm³/mol. The third kappa shape index (κ3) is 21.5. The number of ether oxygens (including phenoxy) is 1. The topological polar surface area (TPSA) is 29.5 Å². The summed E-state index contributed by atoms with van der Waals surface area (Å²) in [5, 5.41) is 7.00.